The lowest BCUT2D eigenvalue weighted by atomic mass is 9.95. The molecule has 0 N–H and O–H groups in total. The predicted octanol–water partition coefficient (Wildman–Crippen LogP) is 4.99. The van der Waals surface area contributed by atoms with E-state index in [-0.39, 0.29) is 11.9 Å². The van der Waals surface area contributed by atoms with Crippen LogP contribution in [0, 0.1) is 13.8 Å². The number of carbonyl (C=O) groups is 1. The van der Waals surface area contributed by atoms with Crippen LogP contribution in [0.4, 0.5) is 0 Å². The Morgan fingerprint density at radius 1 is 1.21 bits per heavy atom. The molecule has 1 amide bonds. The highest BCUT2D eigenvalue weighted by Crippen LogP contribution is 2.45. The maximum absolute atomic E-state index is 14.0. The molecule has 4 nitrogen and oxygen atoms in total. The third kappa shape index (κ3) is 3.15. The Bertz CT molecular complexity index is 1030. The lowest BCUT2D eigenvalue weighted by Crippen LogP contribution is -2.54. The summed E-state index contributed by atoms with van der Waals surface area (Å²) in [6.45, 7) is 6.41. The van der Waals surface area contributed by atoms with Crippen LogP contribution in [-0.4, -0.2) is 30.5 Å². The van der Waals surface area contributed by atoms with Crippen molar-refractivity contribution in [2.24, 2.45) is 0 Å². The van der Waals surface area contributed by atoms with Gasteiger partial charge in [0.25, 0.3) is 0 Å². The fourth-order valence-electron chi connectivity index (χ4n) is 5.09. The molecule has 0 spiro atoms. The second kappa shape index (κ2) is 7.55. The number of carbonyl (C=O) groups excluding carboxylic acids is 1. The van der Waals surface area contributed by atoms with Crippen LogP contribution in [0.1, 0.15) is 66.6 Å². The molecule has 1 aliphatic carbocycles. The van der Waals surface area contributed by atoms with Crippen LogP contribution in [0.15, 0.2) is 34.5 Å². The Morgan fingerprint density at radius 2 is 1.93 bits per heavy atom. The van der Waals surface area contributed by atoms with Crippen molar-refractivity contribution in [2.45, 2.75) is 75.0 Å². The molecule has 1 aromatic carbocycles. The van der Waals surface area contributed by atoms with Gasteiger partial charge in [-0.15, -0.1) is 11.3 Å². The van der Waals surface area contributed by atoms with Gasteiger partial charge in [0, 0.05) is 11.4 Å². The molecule has 4 rings (SSSR count). The van der Waals surface area contributed by atoms with E-state index in [4.69, 9.17) is 0 Å². The molecule has 2 heterocycles. The normalized spacial score (nSPS) is 21.2. The van der Waals surface area contributed by atoms with E-state index in [1.165, 1.54) is 10.4 Å². The first-order valence-corrected chi connectivity index (χ1v) is 12.9. The number of nitrogens with zero attached hydrogens (tertiary/aromatic N) is 1. The van der Waals surface area contributed by atoms with Crippen molar-refractivity contribution in [1.29, 1.82) is 0 Å². The molecule has 1 fully saturated rings. The van der Waals surface area contributed by atoms with E-state index in [1.807, 2.05) is 30.9 Å². The Morgan fingerprint density at radius 3 is 2.62 bits per heavy atom. The molecular formula is C23H29NO3S2. The van der Waals surface area contributed by atoms with Crippen LogP contribution >= 0.6 is 11.3 Å². The zero-order valence-electron chi connectivity index (χ0n) is 17.4. The Balaban J connectivity index is 1.79. The fourth-order valence-corrected chi connectivity index (χ4v) is 8.45. The highest BCUT2D eigenvalue weighted by Gasteiger charge is 2.56. The maximum atomic E-state index is 14.0. The highest BCUT2D eigenvalue weighted by molar-refractivity contribution is 7.93. The number of thiophene rings is 1. The van der Waals surface area contributed by atoms with Gasteiger partial charge < -0.3 is 4.90 Å². The molecule has 0 radical (unpaired) electrons. The number of amides is 1. The van der Waals surface area contributed by atoms with Crippen molar-refractivity contribution >= 4 is 27.1 Å². The van der Waals surface area contributed by atoms with E-state index in [2.05, 4.69) is 18.4 Å². The van der Waals surface area contributed by atoms with Crippen molar-refractivity contribution in [1.82, 2.24) is 4.90 Å². The van der Waals surface area contributed by atoms with Crippen LogP contribution in [0.3, 0.4) is 0 Å². The van der Waals surface area contributed by atoms with Crippen molar-refractivity contribution in [2.75, 3.05) is 6.54 Å². The van der Waals surface area contributed by atoms with Crippen molar-refractivity contribution in [3.63, 3.8) is 0 Å². The average Bonchev–Trinajstić information content (AvgIpc) is 3.38. The van der Waals surface area contributed by atoms with Gasteiger partial charge in [0.2, 0.25) is 5.91 Å². The van der Waals surface area contributed by atoms with Gasteiger partial charge in [0.15, 0.2) is 14.6 Å². The van der Waals surface area contributed by atoms with E-state index in [1.54, 1.807) is 17.4 Å². The molecule has 0 saturated heterocycles. The molecule has 1 aromatic heterocycles. The van der Waals surface area contributed by atoms with Gasteiger partial charge in [-0.05, 0) is 73.7 Å². The minimum Gasteiger partial charge on any atom is -0.334 e. The maximum Gasteiger partial charge on any atom is 0.244 e. The predicted molar refractivity (Wildman–Crippen MR) is 117 cm³/mol. The first kappa shape index (κ1) is 20.6. The molecular weight excluding hydrogens is 402 g/mol. The molecule has 1 atom stereocenters. The Hall–Kier alpha value is -1.66. The molecule has 29 heavy (non-hydrogen) atoms. The summed E-state index contributed by atoms with van der Waals surface area (Å²) in [5, 5.41) is 2.08. The number of hydrogen-bond donors (Lipinski definition) is 0. The largest absolute Gasteiger partial charge is 0.334 e. The van der Waals surface area contributed by atoms with Crippen LogP contribution in [0.2, 0.25) is 0 Å². The molecule has 156 valence electrons. The Labute approximate surface area is 177 Å². The van der Waals surface area contributed by atoms with Crippen molar-refractivity contribution in [3.8, 4) is 0 Å². The van der Waals surface area contributed by atoms with E-state index in [9.17, 15) is 13.2 Å². The van der Waals surface area contributed by atoms with Gasteiger partial charge in [-0.25, -0.2) is 8.42 Å². The van der Waals surface area contributed by atoms with E-state index < -0.39 is 14.6 Å². The van der Waals surface area contributed by atoms with Crippen LogP contribution in [0.25, 0.3) is 0 Å². The molecule has 2 aromatic rings. The smallest absolute Gasteiger partial charge is 0.244 e. The second-order valence-corrected chi connectivity index (χ2v) is 11.7. The van der Waals surface area contributed by atoms with E-state index >= 15 is 0 Å². The zero-order valence-corrected chi connectivity index (χ0v) is 19.0. The summed E-state index contributed by atoms with van der Waals surface area (Å²) < 4.78 is 26.6. The molecule has 0 bridgehead atoms. The van der Waals surface area contributed by atoms with Gasteiger partial charge in [-0.2, -0.15) is 0 Å². The van der Waals surface area contributed by atoms with Crippen molar-refractivity contribution in [3.05, 3.63) is 51.2 Å². The summed E-state index contributed by atoms with van der Waals surface area (Å²) in [5.74, 6) is -0.181. The van der Waals surface area contributed by atoms with Crippen LogP contribution in [0.5, 0.6) is 0 Å². The summed E-state index contributed by atoms with van der Waals surface area (Å²) in [7, 11) is -3.79. The minimum absolute atomic E-state index is 0.0243. The third-order valence-corrected chi connectivity index (χ3v) is 10.3. The van der Waals surface area contributed by atoms with Gasteiger partial charge >= 0.3 is 0 Å². The molecule has 1 saturated carbocycles. The number of fused-ring (bicyclic) bond motifs is 1. The first-order chi connectivity index (χ1) is 13.8. The van der Waals surface area contributed by atoms with Crippen LogP contribution in [-0.2, 0) is 21.1 Å². The lowest BCUT2D eigenvalue weighted by Gasteiger charge is -2.41. The molecule has 6 heteroatoms. The number of benzene rings is 1. The summed E-state index contributed by atoms with van der Waals surface area (Å²) >= 11 is 1.74. The van der Waals surface area contributed by atoms with Gasteiger partial charge in [0.05, 0.1) is 10.9 Å². The summed E-state index contributed by atoms with van der Waals surface area (Å²) in [6.07, 6.45) is 4.02. The lowest BCUT2D eigenvalue weighted by molar-refractivity contribution is -0.137. The van der Waals surface area contributed by atoms with Crippen molar-refractivity contribution < 1.29 is 13.2 Å². The number of sulfone groups is 1. The second-order valence-electron chi connectivity index (χ2n) is 8.45. The summed E-state index contributed by atoms with van der Waals surface area (Å²) in [4.78, 5) is 17.5. The topological polar surface area (TPSA) is 54.5 Å². The van der Waals surface area contributed by atoms with E-state index in [0.717, 1.165) is 36.8 Å². The molecule has 1 aliphatic heterocycles. The number of hydrogen-bond acceptors (Lipinski definition) is 4. The Kier molecular flexibility index (Phi) is 5.36. The highest BCUT2D eigenvalue weighted by atomic mass is 32.2. The molecule has 1 unspecified atom stereocenters. The fraction of sp³-hybridized carbons (Fsp3) is 0.522. The van der Waals surface area contributed by atoms with E-state index in [0.29, 0.717) is 24.3 Å². The standard InChI is InChI=1S/C23H29NO3S2/c1-4-19-18-10-14-28-20(18)9-13-24(19)22(25)23(11-5-6-12-23)29(26,27)21-15-16(2)7-8-17(21)3/h7-8,10,14-15,19H,4-6,9,11-13H2,1-3H3. The third-order valence-electron chi connectivity index (χ3n) is 6.69. The average molecular weight is 432 g/mol. The molecule has 2 aliphatic rings. The SMILES string of the molecule is CCC1c2ccsc2CCN1C(=O)C1(S(=O)(=O)c2cc(C)ccc2C)CCCC1. The van der Waals surface area contributed by atoms with Gasteiger partial charge in [0.1, 0.15) is 0 Å². The first-order valence-electron chi connectivity index (χ1n) is 10.5. The van der Waals surface area contributed by atoms with Gasteiger partial charge in [-0.1, -0.05) is 31.9 Å². The minimum atomic E-state index is -3.79. The summed E-state index contributed by atoms with van der Waals surface area (Å²) in [5.41, 5.74) is 2.83. The number of aryl methyl sites for hydroxylation is 2. The van der Waals surface area contributed by atoms with Crippen LogP contribution < -0.4 is 0 Å². The summed E-state index contributed by atoms with van der Waals surface area (Å²) in [6, 6.07) is 7.59. The zero-order chi connectivity index (χ0) is 20.8. The van der Waals surface area contributed by atoms with Gasteiger partial charge in [-0.3, -0.25) is 4.79 Å². The quantitative estimate of drug-likeness (QED) is 0.685. The number of rotatable bonds is 4. The monoisotopic (exact) mass is 431 g/mol.